The fraction of sp³-hybridized carbons (Fsp3) is 0.368. The van der Waals surface area contributed by atoms with Crippen LogP contribution in [0.5, 0.6) is 5.75 Å². The Kier molecular flexibility index (Phi) is 4.03. The first-order chi connectivity index (χ1) is 11.3. The molecule has 1 aromatic rings. The average Bonchev–Trinajstić information content (AvgIpc) is 2.46. The molecule has 1 aromatic carbocycles. The van der Waals surface area contributed by atoms with Crippen LogP contribution in [0.15, 0.2) is 46.5 Å². The van der Waals surface area contributed by atoms with E-state index in [0.29, 0.717) is 13.1 Å². The Labute approximate surface area is 141 Å². The van der Waals surface area contributed by atoms with Crippen LogP contribution in [0.3, 0.4) is 0 Å². The summed E-state index contributed by atoms with van der Waals surface area (Å²) in [5, 5.41) is 9.44. The Morgan fingerprint density at radius 2 is 2.04 bits per heavy atom. The van der Waals surface area contributed by atoms with Crippen molar-refractivity contribution < 1.29 is 14.3 Å². The molecule has 1 aliphatic heterocycles. The van der Waals surface area contributed by atoms with Gasteiger partial charge in [0.1, 0.15) is 11.6 Å². The number of phenols is 1. The molecule has 24 heavy (non-hydrogen) atoms. The average molecular weight is 328 g/mol. The highest BCUT2D eigenvalue weighted by Crippen LogP contribution is 2.49. The number of allylic oxidation sites excluding steroid dienone is 3. The molecule has 0 radical (unpaired) electrons. The molecule has 126 valence electrons. The van der Waals surface area contributed by atoms with Gasteiger partial charge in [0, 0.05) is 31.3 Å². The van der Waals surface area contributed by atoms with E-state index in [0.717, 1.165) is 18.2 Å². The number of rotatable bonds is 3. The molecule has 4 nitrogen and oxygen atoms in total. The summed E-state index contributed by atoms with van der Waals surface area (Å²) in [6.07, 6.45) is 5.20. The van der Waals surface area contributed by atoms with Crippen LogP contribution >= 0.6 is 0 Å². The monoisotopic (exact) mass is 328 g/mol. The lowest BCUT2D eigenvalue weighted by Gasteiger charge is -2.54. The van der Waals surface area contributed by atoms with Crippen molar-refractivity contribution in [3.8, 4) is 5.75 Å². The first-order valence-corrected chi connectivity index (χ1v) is 7.95. The Morgan fingerprint density at radius 1 is 1.38 bits per heavy atom. The second-order valence-electron chi connectivity index (χ2n) is 6.73. The molecule has 5 heteroatoms. The van der Waals surface area contributed by atoms with Crippen LogP contribution < -0.4 is 0 Å². The molecule has 1 saturated heterocycles. The predicted molar refractivity (Wildman–Crippen MR) is 91.9 cm³/mol. The van der Waals surface area contributed by atoms with Gasteiger partial charge < -0.3 is 10.0 Å². The Hall–Kier alpha value is -2.43. The third-order valence-corrected chi connectivity index (χ3v) is 4.79. The lowest BCUT2D eigenvalue weighted by atomic mass is 9.64. The zero-order chi connectivity index (χ0) is 17.5. The topological polar surface area (TPSA) is 52.9 Å². The van der Waals surface area contributed by atoms with Gasteiger partial charge in [0.15, 0.2) is 0 Å². The summed E-state index contributed by atoms with van der Waals surface area (Å²) in [6, 6.07) is 3.54. The molecule has 1 spiro atoms. The van der Waals surface area contributed by atoms with Crippen molar-refractivity contribution in [1.82, 2.24) is 4.90 Å². The van der Waals surface area contributed by atoms with Crippen LogP contribution in [-0.2, 0) is 0 Å². The van der Waals surface area contributed by atoms with Gasteiger partial charge >= 0.3 is 0 Å². The molecule has 1 amide bonds. The van der Waals surface area contributed by atoms with Gasteiger partial charge in [-0.2, -0.15) is 0 Å². The van der Waals surface area contributed by atoms with E-state index >= 15 is 0 Å². The van der Waals surface area contributed by atoms with Gasteiger partial charge in [0.05, 0.1) is 5.56 Å². The minimum atomic E-state index is -0.600. The van der Waals surface area contributed by atoms with Crippen molar-refractivity contribution in [1.29, 1.82) is 0 Å². The van der Waals surface area contributed by atoms with Gasteiger partial charge in [-0.3, -0.25) is 9.79 Å². The highest BCUT2D eigenvalue weighted by atomic mass is 19.1. The first-order valence-electron chi connectivity index (χ1n) is 7.95. The molecule has 3 rings (SSSR count). The maximum absolute atomic E-state index is 13.8. The van der Waals surface area contributed by atoms with Crippen molar-refractivity contribution in [2.24, 2.45) is 10.4 Å². The summed E-state index contributed by atoms with van der Waals surface area (Å²) in [7, 11) is 1.77. The third-order valence-electron chi connectivity index (χ3n) is 4.79. The minimum absolute atomic E-state index is 0.0324. The number of benzene rings is 1. The van der Waals surface area contributed by atoms with E-state index < -0.39 is 5.82 Å². The first kappa shape index (κ1) is 16.4. The molecule has 2 aliphatic rings. The van der Waals surface area contributed by atoms with Crippen molar-refractivity contribution in [3.05, 3.63) is 52.9 Å². The number of likely N-dealkylation sites (tertiary alicyclic amines) is 1. The van der Waals surface area contributed by atoms with Gasteiger partial charge in [-0.25, -0.2) is 4.39 Å². The lowest BCUT2D eigenvalue weighted by molar-refractivity contribution is 0.0203. The molecule has 1 heterocycles. The number of amides is 1. The molecular weight excluding hydrogens is 307 g/mol. The fourth-order valence-corrected chi connectivity index (χ4v) is 3.35. The largest absolute Gasteiger partial charge is 0.508 e. The number of halogens is 1. The van der Waals surface area contributed by atoms with Gasteiger partial charge in [-0.05, 0) is 55.7 Å². The van der Waals surface area contributed by atoms with Crippen molar-refractivity contribution in [3.63, 3.8) is 0 Å². The van der Waals surface area contributed by atoms with E-state index in [4.69, 9.17) is 0 Å². The van der Waals surface area contributed by atoms with E-state index in [1.54, 1.807) is 11.9 Å². The Morgan fingerprint density at radius 3 is 2.67 bits per heavy atom. The normalized spacial score (nSPS) is 19.7. The number of hydrogen-bond acceptors (Lipinski definition) is 3. The Balaban J connectivity index is 1.66. The van der Waals surface area contributed by atoms with Gasteiger partial charge in [-0.1, -0.05) is 6.08 Å². The highest BCUT2D eigenvalue weighted by Gasteiger charge is 2.49. The van der Waals surface area contributed by atoms with E-state index in [1.165, 1.54) is 23.3 Å². The number of aromatic hydroxyl groups is 1. The van der Waals surface area contributed by atoms with Crippen LogP contribution in [0.4, 0.5) is 4.39 Å². The lowest BCUT2D eigenvalue weighted by Crippen LogP contribution is -2.60. The van der Waals surface area contributed by atoms with Gasteiger partial charge in [-0.15, -0.1) is 0 Å². The number of carbonyl (C=O) groups excluding carboxylic acids is 1. The Bertz CT molecular complexity index is 787. The molecule has 0 bridgehead atoms. The maximum Gasteiger partial charge on any atom is 0.257 e. The number of hydrogen-bond donors (Lipinski definition) is 1. The fourth-order valence-electron chi connectivity index (χ4n) is 3.35. The molecule has 1 N–H and O–H groups in total. The summed E-state index contributed by atoms with van der Waals surface area (Å²) < 4.78 is 13.8. The summed E-state index contributed by atoms with van der Waals surface area (Å²) >= 11 is 0. The minimum Gasteiger partial charge on any atom is -0.508 e. The quantitative estimate of drug-likeness (QED) is 0.865. The van der Waals surface area contributed by atoms with Crippen LogP contribution in [0.25, 0.3) is 0 Å². The highest BCUT2D eigenvalue weighted by molar-refractivity contribution is 5.96. The van der Waals surface area contributed by atoms with Crippen LogP contribution in [0.2, 0.25) is 0 Å². The van der Waals surface area contributed by atoms with E-state index in [-0.39, 0.29) is 22.6 Å². The van der Waals surface area contributed by atoms with E-state index in [2.05, 4.69) is 24.1 Å². The standard InChI is InChI=1S/C19H21FN2O2/c1-12(6-13(2)21-3)14-8-19(9-14)10-22(11-19)18(24)16-7-15(23)4-5-17(16)20/h4-8,23H,9-11H2,1-3H3/b12-6+,21-13?. The van der Waals surface area contributed by atoms with Crippen molar-refractivity contribution in [2.45, 2.75) is 20.3 Å². The molecular formula is C19H21FN2O2. The summed E-state index contributed by atoms with van der Waals surface area (Å²) in [4.78, 5) is 18.1. The maximum atomic E-state index is 13.8. The van der Waals surface area contributed by atoms with Crippen LogP contribution in [-0.4, -0.2) is 41.8 Å². The predicted octanol–water partition coefficient (Wildman–Crippen LogP) is 3.34. The second-order valence-corrected chi connectivity index (χ2v) is 6.73. The van der Waals surface area contributed by atoms with E-state index in [9.17, 15) is 14.3 Å². The summed E-state index contributed by atoms with van der Waals surface area (Å²) in [5.41, 5.74) is 3.43. The smallest absolute Gasteiger partial charge is 0.257 e. The van der Waals surface area contributed by atoms with E-state index in [1.807, 2.05) is 6.92 Å². The van der Waals surface area contributed by atoms with Crippen LogP contribution in [0.1, 0.15) is 30.6 Å². The second kappa shape index (κ2) is 5.89. The number of carbonyl (C=O) groups is 1. The number of aliphatic imine (C=N–C) groups is 1. The zero-order valence-electron chi connectivity index (χ0n) is 14.1. The SMILES string of the molecule is CN=C(C)/C=C(\C)C1=CC2(C1)CN(C(=O)c1cc(O)ccc1F)C2. The van der Waals surface area contributed by atoms with Crippen molar-refractivity contribution in [2.75, 3.05) is 20.1 Å². The molecule has 1 fully saturated rings. The summed E-state index contributed by atoms with van der Waals surface area (Å²) in [6.45, 7) is 5.22. The zero-order valence-corrected chi connectivity index (χ0v) is 14.1. The third kappa shape index (κ3) is 2.86. The van der Waals surface area contributed by atoms with Crippen molar-refractivity contribution >= 4 is 11.6 Å². The van der Waals surface area contributed by atoms with Crippen LogP contribution in [0, 0.1) is 11.2 Å². The van der Waals surface area contributed by atoms with Gasteiger partial charge in [0.2, 0.25) is 0 Å². The molecule has 0 aromatic heterocycles. The van der Waals surface area contributed by atoms with Gasteiger partial charge in [0.25, 0.3) is 5.91 Å². The molecule has 0 atom stereocenters. The number of phenolic OH excluding ortho intramolecular Hbond substituents is 1. The molecule has 0 saturated carbocycles. The summed E-state index contributed by atoms with van der Waals surface area (Å²) in [5.74, 6) is -1.07. The molecule has 1 aliphatic carbocycles. The molecule has 0 unspecified atom stereocenters. The number of nitrogens with zero attached hydrogens (tertiary/aromatic N) is 2.